The Bertz CT molecular complexity index is 1240. The molecular formula is C25H22N4O3. The highest BCUT2D eigenvalue weighted by Gasteiger charge is 2.34. The largest absolute Gasteiger partial charge is 0.497 e. The summed E-state index contributed by atoms with van der Waals surface area (Å²) >= 11 is 0. The zero-order valence-corrected chi connectivity index (χ0v) is 17.8. The van der Waals surface area contributed by atoms with Crippen molar-refractivity contribution in [3.63, 3.8) is 0 Å². The number of hydrogen-bond acceptors (Lipinski definition) is 7. The molecule has 160 valence electrons. The van der Waals surface area contributed by atoms with Crippen molar-refractivity contribution in [2.24, 2.45) is 5.10 Å². The predicted octanol–water partition coefficient (Wildman–Crippen LogP) is 5.11. The van der Waals surface area contributed by atoms with Gasteiger partial charge in [-0.15, -0.1) is 0 Å². The molecular weight excluding hydrogens is 404 g/mol. The SMILES string of the molecule is COc1ccc(C2=NN(c3ccccc3)C(c3noc(-c4ccccc4OC)n3)C2)cc1. The van der Waals surface area contributed by atoms with Gasteiger partial charge in [0, 0.05) is 6.42 Å². The Labute approximate surface area is 185 Å². The smallest absolute Gasteiger partial charge is 0.261 e. The van der Waals surface area contributed by atoms with Crippen LogP contribution in [0.5, 0.6) is 11.5 Å². The number of anilines is 1. The van der Waals surface area contributed by atoms with Crippen LogP contribution in [0, 0.1) is 0 Å². The standard InChI is InChI=1S/C25H22N4O3/c1-30-19-14-12-17(13-15-19)21-16-22(29(27-21)18-8-4-3-5-9-18)24-26-25(32-28-24)20-10-6-7-11-23(20)31-2/h3-15,22H,16H2,1-2H3. The van der Waals surface area contributed by atoms with E-state index in [1.165, 1.54) is 0 Å². The Kier molecular flexibility index (Phi) is 5.29. The first-order chi connectivity index (χ1) is 15.8. The van der Waals surface area contributed by atoms with Crippen molar-refractivity contribution in [2.75, 3.05) is 19.2 Å². The Hall–Kier alpha value is -4.13. The van der Waals surface area contributed by atoms with Crippen LogP contribution in [0.15, 0.2) is 88.5 Å². The molecule has 0 fully saturated rings. The molecule has 7 nitrogen and oxygen atoms in total. The normalized spacial score (nSPS) is 15.5. The highest BCUT2D eigenvalue weighted by molar-refractivity contribution is 6.03. The van der Waals surface area contributed by atoms with Gasteiger partial charge < -0.3 is 14.0 Å². The lowest BCUT2D eigenvalue weighted by Crippen LogP contribution is -2.19. The summed E-state index contributed by atoms with van der Waals surface area (Å²) in [5.74, 6) is 2.48. The van der Waals surface area contributed by atoms with Gasteiger partial charge in [-0.05, 0) is 54.1 Å². The average molecular weight is 426 g/mol. The third-order valence-electron chi connectivity index (χ3n) is 5.43. The van der Waals surface area contributed by atoms with Crippen LogP contribution in [0.3, 0.4) is 0 Å². The number of benzene rings is 3. The van der Waals surface area contributed by atoms with E-state index in [-0.39, 0.29) is 6.04 Å². The summed E-state index contributed by atoms with van der Waals surface area (Å²) in [4.78, 5) is 4.71. The average Bonchev–Trinajstić information content (AvgIpc) is 3.52. The molecule has 0 N–H and O–H groups in total. The van der Waals surface area contributed by atoms with Gasteiger partial charge in [-0.3, -0.25) is 5.01 Å². The van der Waals surface area contributed by atoms with Crippen molar-refractivity contribution in [2.45, 2.75) is 12.5 Å². The van der Waals surface area contributed by atoms with E-state index in [0.29, 0.717) is 23.9 Å². The van der Waals surface area contributed by atoms with Crippen molar-refractivity contribution >= 4 is 11.4 Å². The van der Waals surface area contributed by atoms with Gasteiger partial charge in [0.2, 0.25) is 0 Å². The number of hydrazone groups is 1. The molecule has 0 bridgehead atoms. The number of nitrogens with zero attached hydrogens (tertiary/aromatic N) is 4. The van der Waals surface area contributed by atoms with Gasteiger partial charge >= 0.3 is 0 Å². The minimum Gasteiger partial charge on any atom is -0.497 e. The molecule has 0 saturated heterocycles. The molecule has 2 heterocycles. The maximum atomic E-state index is 5.63. The monoisotopic (exact) mass is 426 g/mol. The van der Waals surface area contributed by atoms with Crippen molar-refractivity contribution < 1.29 is 14.0 Å². The summed E-state index contributed by atoms with van der Waals surface area (Å²) in [6, 6.07) is 25.3. The fourth-order valence-corrected chi connectivity index (χ4v) is 3.79. The number of hydrogen-bond donors (Lipinski definition) is 0. The molecule has 0 aliphatic carbocycles. The van der Waals surface area contributed by atoms with Crippen LogP contribution in [-0.4, -0.2) is 30.1 Å². The van der Waals surface area contributed by atoms with E-state index < -0.39 is 0 Å². The van der Waals surface area contributed by atoms with E-state index >= 15 is 0 Å². The van der Waals surface area contributed by atoms with Gasteiger partial charge in [-0.25, -0.2) is 0 Å². The number of methoxy groups -OCH3 is 2. The van der Waals surface area contributed by atoms with Gasteiger partial charge in [-0.2, -0.15) is 10.1 Å². The van der Waals surface area contributed by atoms with E-state index in [1.807, 2.05) is 83.9 Å². The predicted molar refractivity (Wildman–Crippen MR) is 122 cm³/mol. The number of rotatable bonds is 6. The lowest BCUT2D eigenvalue weighted by molar-refractivity contribution is 0.400. The fourth-order valence-electron chi connectivity index (χ4n) is 3.79. The van der Waals surface area contributed by atoms with Gasteiger partial charge in [-0.1, -0.05) is 35.5 Å². The first kappa shape index (κ1) is 19.8. The summed E-state index contributed by atoms with van der Waals surface area (Å²) in [5.41, 5.74) is 3.70. The molecule has 0 spiro atoms. The highest BCUT2D eigenvalue weighted by atomic mass is 16.5. The Morgan fingerprint density at radius 1 is 0.875 bits per heavy atom. The number of para-hydroxylation sites is 2. The molecule has 4 aromatic rings. The lowest BCUT2D eigenvalue weighted by atomic mass is 10.0. The maximum Gasteiger partial charge on any atom is 0.261 e. The summed E-state index contributed by atoms with van der Waals surface area (Å²) < 4.78 is 16.4. The molecule has 1 aliphatic rings. The van der Waals surface area contributed by atoms with Crippen LogP contribution in [0.2, 0.25) is 0 Å². The van der Waals surface area contributed by atoms with Gasteiger partial charge in [0.1, 0.15) is 17.5 Å². The quantitative estimate of drug-likeness (QED) is 0.427. The van der Waals surface area contributed by atoms with E-state index in [0.717, 1.165) is 28.3 Å². The molecule has 1 atom stereocenters. The minimum absolute atomic E-state index is 0.193. The van der Waals surface area contributed by atoms with Gasteiger partial charge in [0.25, 0.3) is 5.89 Å². The second-order valence-corrected chi connectivity index (χ2v) is 7.33. The van der Waals surface area contributed by atoms with Crippen LogP contribution < -0.4 is 14.5 Å². The van der Waals surface area contributed by atoms with Crippen LogP contribution in [0.4, 0.5) is 5.69 Å². The molecule has 0 amide bonds. The Morgan fingerprint density at radius 3 is 2.38 bits per heavy atom. The molecule has 0 saturated carbocycles. The molecule has 1 unspecified atom stereocenters. The molecule has 0 radical (unpaired) electrons. The molecule has 7 heteroatoms. The van der Waals surface area contributed by atoms with Crippen molar-refractivity contribution in [3.05, 3.63) is 90.3 Å². The van der Waals surface area contributed by atoms with Crippen LogP contribution >= 0.6 is 0 Å². The summed E-state index contributed by atoms with van der Waals surface area (Å²) in [7, 11) is 3.28. The van der Waals surface area contributed by atoms with E-state index in [1.54, 1.807) is 14.2 Å². The fraction of sp³-hybridized carbons (Fsp3) is 0.160. The lowest BCUT2D eigenvalue weighted by Gasteiger charge is -2.20. The second kappa shape index (κ2) is 8.55. The van der Waals surface area contributed by atoms with Gasteiger partial charge in [0.15, 0.2) is 5.82 Å². The first-order valence-electron chi connectivity index (χ1n) is 10.3. The second-order valence-electron chi connectivity index (χ2n) is 7.33. The molecule has 1 aliphatic heterocycles. The van der Waals surface area contributed by atoms with Crippen molar-refractivity contribution in [1.29, 1.82) is 0 Å². The Balaban J connectivity index is 1.50. The number of ether oxygens (including phenoxy) is 2. The van der Waals surface area contributed by atoms with E-state index in [9.17, 15) is 0 Å². The van der Waals surface area contributed by atoms with Crippen molar-refractivity contribution in [3.8, 4) is 23.0 Å². The van der Waals surface area contributed by atoms with E-state index in [4.69, 9.17) is 24.1 Å². The third-order valence-corrected chi connectivity index (χ3v) is 5.43. The zero-order chi connectivity index (χ0) is 21.9. The minimum atomic E-state index is -0.193. The Morgan fingerprint density at radius 2 is 1.62 bits per heavy atom. The van der Waals surface area contributed by atoms with Crippen LogP contribution in [-0.2, 0) is 0 Å². The molecule has 1 aromatic heterocycles. The maximum absolute atomic E-state index is 5.63. The van der Waals surface area contributed by atoms with Crippen molar-refractivity contribution in [1.82, 2.24) is 10.1 Å². The summed E-state index contributed by atoms with van der Waals surface area (Å²) in [6.07, 6.45) is 0.645. The molecule has 5 rings (SSSR count). The topological polar surface area (TPSA) is 73.0 Å². The van der Waals surface area contributed by atoms with Crippen LogP contribution in [0.25, 0.3) is 11.5 Å². The van der Waals surface area contributed by atoms with Crippen LogP contribution in [0.1, 0.15) is 23.9 Å². The van der Waals surface area contributed by atoms with Gasteiger partial charge in [0.05, 0.1) is 31.2 Å². The summed E-state index contributed by atoms with van der Waals surface area (Å²) in [6.45, 7) is 0. The zero-order valence-electron chi connectivity index (χ0n) is 17.8. The highest BCUT2D eigenvalue weighted by Crippen LogP contribution is 2.37. The third kappa shape index (κ3) is 3.69. The summed E-state index contributed by atoms with van der Waals surface area (Å²) in [5, 5.41) is 11.2. The molecule has 32 heavy (non-hydrogen) atoms. The first-order valence-corrected chi connectivity index (χ1v) is 10.3. The number of aromatic nitrogens is 2. The van der Waals surface area contributed by atoms with E-state index in [2.05, 4.69) is 5.16 Å². The molecule has 3 aromatic carbocycles.